The van der Waals surface area contributed by atoms with E-state index >= 15 is 0 Å². The number of nitrogens with one attached hydrogen (secondary N) is 1. The molecule has 92 valence electrons. The zero-order chi connectivity index (χ0) is 12.3. The Morgan fingerprint density at radius 2 is 1.88 bits per heavy atom. The summed E-state index contributed by atoms with van der Waals surface area (Å²) in [5, 5.41) is 2.79. The first-order valence-electron chi connectivity index (χ1n) is 6.25. The van der Waals surface area contributed by atoms with Crippen molar-refractivity contribution >= 4 is 11.9 Å². The van der Waals surface area contributed by atoms with E-state index in [1.54, 1.807) is 0 Å². The van der Waals surface area contributed by atoms with Crippen molar-refractivity contribution in [3.8, 4) is 0 Å². The standard InChI is InChI=1S/C13H19N3O/c1-9-7-10(2)15-13(14-9)16-12(17)8-11-5-3-4-6-11/h7,11H,3-6,8H2,1-2H3,(H,14,15,16,17). The van der Waals surface area contributed by atoms with Crippen LogP contribution in [0, 0.1) is 19.8 Å². The van der Waals surface area contributed by atoms with Crippen LogP contribution >= 0.6 is 0 Å². The summed E-state index contributed by atoms with van der Waals surface area (Å²) >= 11 is 0. The lowest BCUT2D eigenvalue weighted by atomic mass is 10.0. The molecule has 1 N–H and O–H groups in total. The van der Waals surface area contributed by atoms with Gasteiger partial charge in [0, 0.05) is 17.8 Å². The van der Waals surface area contributed by atoms with E-state index in [-0.39, 0.29) is 5.91 Å². The molecular weight excluding hydrogens is 214 g/mol. The van der Waals surface area contributed by atoms with Crippen LogP contribution in [0.2, 0.25) is 0 Å². The van der Waals surface area contributed by atoms with E-state index in [1.165, 1.54) is 25.7 Å². The summed E-state index contributed by atoms with van der Waals surface area (Å²) < 4.78 is 0. The average Bonchev–Trinajstić information content (AvgIpc) is 2.67. The molecule has 0 aromatic carbocycles. The molecule has 0 atom stereocenters. The molecule has 0 aliphatic heterocycles. The van der Waals surface area contributed by atoms with Gasteiger partial charge < -0.3 is 0 Å². The molecule has 4 nitrogen and oxygen atoms in total. The van der Waals surface area contributed by atoms with E-state index in [1.807, 2.05) is 19.9 Å². The predicted molar refractivity (Wildman–Crippen MR) is 66.7 cm³/mol. The average molecular weight is 233 g/mol. The number of anilines is 1. The molecule has 17 heavy (non-hydrogen) atoms. The summed E-state index contributed by atoms with van der Waals surface area (Å²) in [6.07, 6.45) is 5.49. The number of carbonyl (C=O) groups excluding carboxylic acids is 1. The Hall–Kier alpha value is -1.45. The zero-order valence-electron chi connectivity index (χ0n) is 10.5. The van der Waals surface area contributed by atoms with Crippen LogP contribution in [0.4, 0.5) is 5.95 Å². The highest BCUT2D eigenvalue weighted by molar-refractivity contribution is 5.89. The number of aryl methyl sites for hydroxylation is 2. The first-order chi connectivity index (χ1) is 8.13. The van der Waals surface area contributed by atoms with Crippen molar-refractivity contribution in [3.63, 3.8) is 0 Å². The Morgan fingerprint density at radius 3 is 2.47 bits per heavy atom. The van der Waals surface area contributed by atoms with Gasteiger partial charge in [0.15, 0.2) is 0 Å². The van der Waals surface area contributed by atoms with Gasteiger partial charge in [-0.05, 0) is 38.7 Å². The lowest BCUT2D eigenvalue weighted by Crippen LogP contribution is -2.17. The summed E-state index contributed by atoms with van der Waals surface area (Å²) in [5.41, 5.74) is 1.77. The maximum atomic E-state index is 11.8. The van der Waals surface area contributed by atoms with Gasteiger partial charge in [0.2, 0.25) is 11.9 Å². The highest BCUT2D eigenvalue weighted by atomic mass is 16.1. The molecule has 1 amide bonds. The minimum absolute atomic E-state index is 0.0434. The lowest BCUT2D eigenvalue weighted by molar-refractivity contribution is -0.117. The first kappa shape index (κ1) is 12.0. The fraction of sp³-hybridized carbons (Fsp3) is 0.615. The van der Waals surface area contributed by atoms with Gasteiger partial charge in [0.05, 0.1) is 0 Å². The zero-order valence-corrected chi connectivity index (χ0v) is 10.5. The van der Waals surface area contributed by atoms with Crippen LogP contribution in [-0.4, -0.2) is 15.9 Å². The Balaban J connectivity index is 1.92. The summed E-state index contributed by atoms with van der Waals surface area (Å²) in [6.45, 7) is 3.81. The number of rotatable bonds is 3. The van der Waals surface area contributed by atoms with Gasteiger partial charge in [-0.15, -0.1) is 0 Å². The Bertz CT molecular complexity index is 391. The molecule has 4 heteroatoms. The minimum atomic E-state index is 0.0434. The molecule has 0 spiro atoms. The quantitative estimate of drug-likeness (QED) is 0.873. The topological polar surface area (TPSA) is 54.9 Å². The van der Waals surface area contributed by atoms with E-state index in [2.05, 4.69) is 15.3 Å². The number of nitrogens with zero attached hydrogens (tertiary/aromatic N) is 2. The first-order valence-corrected chi connectivity index (χ1v) is 6.25. The number of carbonyl (C=O) groups is 1. The SMILES string of the molecule is Cc1cc(C)nc(NC(=O)CC2CCCC2)n1. The molecule has 1 aromatic heterocycles. The molecule has 0 saturated heterocycles. The molecule has 1 aliphatic carbocycles. The molecule has 2 rings (SSSR count). The Labute approximate surface area is 102 Å². The van der Waals surface area contributed by atoms with Gasteiger partial charge >= 0.3 is 0 Å². The van der Waals surface area contributed by atoms with Crippen LogP contribution in [-0.2, 0) is 4.79 Å². The molecule has 0 radical (unpaired) electrons. The highest BCUT2D eigenvalue weighted by Gasteiger charge is 2.18. The second-order valence-electron chi connectivity index (χ2n) is 4.88. The smallest absolute Gasteiger partial charge is 0.229 e. The maximum absolute atomic E-state index is 11.8. The molecule has 1 aromatic rings. The van der Waals surface area contributed by atoms with E-state index in [4.69, 9.17) is 0 Å². The van der Waals surface area contributed by atoms with Crippen LogP contribution in [0.1, 0.15) is 43.5 Å². The fourth-order valence-electron chi connectivity index (χ4n) is 2.43. The van der Waals surface area contributed by atoms with Crippen molar-refractivity contribution in [1.29, 1.82) is 0 Å². The molecular formula is C13H19N3O. The maximum Gasteiger partial charge on any atom is 0.229 e. The third-order valence-corrected chi connectivity index (χ3v) is 3.18. The van der Waals surface area contributed by atoms with Crippen LogP contribution < -0.4 is 5.32 Å². The van der Waals surface area contributed by atoms with Crippen molar-refractivity contribution in [3.05, 3.63) is 17.5 Å². The summed E-state index contributed by atoms with van der Waals surface area (Å²) in [5.74, 6) is 1.04. The molecule has 1 heterocycles. The molecule has 0 bridgehead atoms. The minimum Gasteiger partial charge on any atom is -0.295 e. The number of hydrogen-bond acceptors (Lipinski definition) is 3. The lowest BCUT2D eigenvalue weighted by Gasteiger charge is -2.09. The van der Waals surface area contributed by atoms with Crippen LogP contribution in [0.5, 0.6) is 0 Å². The summed E-state index contributed by atoms with van der Waals surface area (Å²) in [7, 11) is 0. The normalized spacial score (nSPS) is 16.1. The van der Waals surface area contributed by atoms with Gasteiger partial charge in [-0.1, -0.05) is 12.8 Å². The molecule has 1 fully saturated rings. The number of amides is 1. The van der Waals surface area contributed by atoms with E-state index in [0.717, 1.165) is 11.4 Å². The van der Waals surface area contributed by atoms with Crippen molar-refractivity contribution in [2.45, 2.75) is 46.0 Å². The Morgan fingerprint density at radius 1 is 1.29 bits per heavy atom. The van der Waals surface area contributed by atoms with Gasteiger partial charge in [0.25, 0.3) is 0 Å². The van der Waals surface area contributed by atoms with E-state index in [9.17, 15) is 4.79 Å². The summed E-state index contributed by atoms with van der Waals surface area (Å²) in [6, 6.07) is 1.90. The van der Waals surface area contributed by atoms with Crippen molar-refractivity contribution in [1.82, 2.24) is 9.97 Å². The van der Waals surface area contributed by atoms with Crippen LogP contribution in [0.25, 0.3) is 0 Å². The number of aromatic nitrogens is 2. The predicted octanol–water partition coefficient (Wildman–Crippen LogP) is 2.61. The second kappa shape index (κ2) is 5.25. The molecule has 0 unspecified atom stereocenters. The fourth-order valence-corrected chi connectivity index (χ4v) is 2.43. The number of hydrogen-bond donors (Lipinski definition) is 1. The van der Waals surface area contributed by atoms with E-state index in [0.29, 0.717) is 18.3 Å². The second-order valence-corrected chi connectivity index (χ2v) is 4.88. The largest absolute Gasteiger partial charge is 0.295 e. The van der Waals surface area contributed by atoms with Gasteiger partial charge in [-0.2, -0.15) is 0 Å². The third kappa shape index (κ3) is 3.51. The Kier molecular flexibility index (Phi) is 3.71. The molecule has 1 aliphatic rings. The van der Waals surface area contributed by atoms with Gasteiger partial charge in [0.1, 0.15) is 0 Å². The van der Waals surface area contributed by atoms with Crippen molar-refractivity contribution in [2.75, 3.05) is 5.32 Å². The monoisotopic (exact) mass is 233 g/mol. The summed E-state index contributed by atoms with van der Waals surface area (Å²) in [4.78, 5) is 20.2. The third-order valence-electron chi connectivity index (χ3n) is 3.18. The molecule has 1 saturated carbocycles. The van der Waals surface area contributed by atoms with Crippen molar-refractivity contribution < 1.29 is 4.79 Å². The van der Waals surface area contributed by atoms with E-state index < -0.39 is 0 Å². The van der Waals surface area contributed by atoms with Crippen LogP contribution in [0.15, 0.2) is 6.07 Å². The van der Waals surface area contributed by atoms with Crippen LogP contribution in [0.3, 0.4) is 0 Å². The van der Waals surface area contributed by atoms with Gasteiger partial charge in [-0.3, -0.25) is 10.1 Å². The highest BCUT2D eigenvalue weighted by Crippen LogP contribution is 2.27. The van der Waals surface area contributed by atoms with Gasteiger partial charge in [-0.25, -0.2) is 9.97 Å². The van der Waals surface area contributed by atoms with Crippen molar-refractivity contribution in [2.24, 2.45) is 5.92 Å².